The lowest BCUT2D eigenvalue weighted by Gasteiger charge is -2.21. The second-order valence-corrected chi connectivity index (χ2v) is 7.94. The molecule has 0 aliphatic carbocycles. The molecule has 1 aliphatic rings. The van der Waals surface area contributed by atoms with Crippen LogP contribution in [-0.4, -0.2) is 59.5 Å². The molecule has 0 atom stereocenters. The minimum absolute atomic E-state index is 0.744. The third-order valence-electron chi connectivity index (χ3n) is 5.87. The van der Waals surface area contributed by atoms with E-state index in [4.69, 9.17) is 14.8 Å². The number of hydrogen-bond donors (Lipinski definition) is 0. The maximum absolute atomic E-state index is 5.27. The van der Waals surface area contributed by atoms with E-state index in [0.717, 1.165) is 72.5 Å². The molecule has 0 radical (unpaired) electrons. The Morgan fingerprint density at radius 3 is 2.35 bits per heavy atom. The second kappa shape index (κ2) is 8.49. The van der Waals surface area contributed by atoms with Gasteiger partial charge < -0.3 is 9.64 Å². The van der Waals surface area contributed by atoms with Crippen molar-refractivity contribution in [3.05, 3.63) is 72.4 Å². The number of methoxy groups -OCH3 is 1. The number of hydrogen-bond acceptors (Lipinski definition) is 5. The number of benzene rings is 2. The number of nitrogens with zero attached hydrogens (tertiary/aromatic N) is 5. The summed E-state index contributed by atoms with van der Waals surface area (Å²) in [5.41, 5.74) is 6.20. The molecule has 1 saturated heterocycles. The summed E-state index contributed by atoms with van der Waals surface area (Å²) in [6.45, 7) is 6.57. The lowest BCUT2D eigenvalue weighted by Crippen LogP contribution is -2.29. The minimum Gasteiger partial charge on any atom is -0.383 e. The molecule has 0 amide bonds. The van der Waals surface area contributed by atoms with Crippen molar-refractivity contribution in [3.8, 4) is 22.4 Å². The largest absolute Gasteiger partial charge is 0.383 e. The van der Waals surface area contributed by atoms with Gasteiger partial charge in [0.15, 0.2) is 5.65 Å². The van der Waals surface area contributed by atoms with Crippen LogP contribution in [0.4, 0.5) is 5.82 Å². The van der Waals surface area contributed by atoms with Gasteiger partial charge in [-0.15, -0.1) is 0 Å². The van der Waals surface area contributed by atoms with E-state index in [1.807, 2.05) is 16.6 Å². The first-order valence-electron chi connectivity index (χ1n) is 10.7. The van der Waals surface area contributed by atoms with Crippen molar-refractivity contribution < 1.29 is 4.74 Å². The van der Waals surface area contributed by atoms with Crippen LogP contribution in [0.1, 0.15) is 5.69 Å². The number of ether oxygens (including phenoxy) is 1. The van der Waals surface area contributed by atoms with Gasteiger partial charge in [0.25, 0.3) is 0 Å². The van der Waals surface area contributed by atoms with Crippen LogP contribution in [-0.2, 0) is 4.74 Å². The van der Waals surface area contributed by atoms with E-state index in [0.29, 0.717) is 0 Å². The van der Waals surface area contributed by atoms with Gasteiger partial charge in [-0.05, 0) is 12.5 Å². The third-order valence-corrected chi connectivity index (χ3v) is 5.87. The van der Waals surface area contributed by atoms with E-state index in [-0.39, 0.29) is 0 Å². The fraction of sp³-hybridized carbons (Fsp3) is 0.280. The quantitative estimate of drug-likeness (QED) is 0.476. The number of aromatic nitrogens is 3. The normalized spacial score (nSPS) is 14.6. The van der Waals surface area contributed by atoms with Gasteiger partial charge in [0, 0.05) is 43.9 Å². The van der Waals surface area contributed by atoms with Crippen LogP contribution in [0, 0.1) is 6.92 Å². The standard InChI is InChI=1S/C25H27N5O/c1-19-24(21-11-7-4-8-12-21)25-26-22(20-9-5-3-6-10-20)17-23(30(25)27-19)29-14-13-28(18-29)15-16-31-2/h3-12,17H,13-16,18H2,1-2H3. The molecular weight excluding hydrogens is 386 g/mol. The van der Waals surface area contributed by atoms with Crippen molar-refractivity contribution >= 4 is 11.5 Å². The molecule has 1 aliphatic heterocycles. The van der Waals surface area contributed by atoms with Crippen LogP contribution in [0.5, 0.6) is 0 Å². The van der Waals surface area contributed by atoms with Crippen LogP contribution >= 0.6 is 0 Å². The summed E-state index contributed by atoms with van der Waals surface area (Å²) < 4.78 is 7.29. The van der Waals surface area contributed by atoms with Crippen LogP contribution in [0.25, 0.3) is 28.0 Å². The van der Waals surface area contributed by atoms with E-state index in [9.17, 15) is 0 Å². The first-order valence-corrected chi connectivity index (χ1v) is 10.7. The van der Waals surface area contributed by atoms with Crippen molar-refractivity contribution in [2.75, 3.05) is 44.9 Å². The van der Waals surface area contributed by atoms with Gasteiger partial charge >= 0.3 is 0 Å². The van der Waals surface area contributed by atoms with Crippen LogP contribution in [0.3, 0.4) is 0 Å². The molecular formula is C25H27N5O. The molecule has 0 unspecified atom stereocenters. The molecule has 158 valence electrons. The van der Waals surface area contributed by atoms with Crippen molar-refractivity contribution in [1.29, 1.82) is 0 Å². The molecule has 2 aromatic carbocycles. The van der Waals surface area contributed by atoms with E-state index in [1.165, 1.54) is 0 Å². The highest BCUT2D eigenvalue weighted by molar-refractivity contribution is 5.82. The average Bonchev–Trinajstić information content (AvgIpc) is 3.42. The summed E-state index contributed by atoms with van der Waals surface area (Å²) in [5.74, 6) is 1.08. The van der Waals surface area contributed by atoms with Crippen LogP contribution < -0.4 is 4.90 Å². The highest BCUT2D eigenvalue weighted by atomic mass is 16.5. The smallest absolute Gasteiger partial charge is 0.166 e. The van der Waals surface area contributed by atoms with Crippen LogP contribution in [0.15, 0.2) is 66.7 Å². The van der Waals surface area contributed by atoms with Crippen molar-refractivity contribution in [2.45, 2.75) is 6.92 Å². The molecule has 6 heteroatoms. The van der Waals surface area contributed by atoms with Crippen molar-refractivity contribution in [3.63, 3.8) is 0 Å². The molecule has 6 nitrogen and oxygen atoms in total. The molecule has 5 rings (SSSR count). The first kappa shape index (κ1) is 19.7. The zero-order valence-corrected chi connectivity index (χ0v) is 18.0. The Bertz CT molecular complexity index is 1170. The lowest BCUT2D eigenvalue weighted by molar-refractivity contribution is 0.161. The van der Waals surface area contributed by atoms with Gasteiger partial charge in [-0.25, -0.2) is 4.98 Å². The maximum Gasteiger partial charge on any atom is 0.166 e. The van der Waals surface area contributed by atoms with Gasteiger partial charge in [0.1, 0.15) is 5.82 Å². The summed E-state index contributed by atoms with van der Waals surface area (Å²) in [6, 6.07) is 23.0. The molecule has 2 aromatic heterocycles. The molecule has 0 saturated carbocycles. The molecule has 4 aromatic rings. The van der Waals surface area contributed by atoms with Gasteiger partial charge in [0.2, 0.25) is 0 Å². The summed E-state index contributed by atoms with van der Waals surface area (Å²) >= 11 is 0. The van der Waals surface area contributed by atoms with Crippen molar-refractivity contribution in [2.24, 2.45) is 0 Å². The molecule has 3 heterocycles. The minimum atomic E-state index is 0.744. The monoisotopic (exact) mass is 413 g/mol. The average molecular weight is 414 g/mol. The third kappa shape index (κ3) is 3.80. The topological polar surface area (TPSA) is 45.9 Å². The van der Waals surface area contributed by atoms with Crippen molar-refractivity contribution in [1.82, 2.24) is 19.5 Å². The summed E-state index contributed by atoms with van der Waals surface area (Å²) in [7, 11) is 1.75. The van der Waals surface area contributed by atoms with Gasteiger partial charge in [-0.1, -0.05) is 60.7 Å². The lowest BCUT2D eigenvalue weighted by atomic mass is 10.1. The maximum atomic E-state index is 5.27. The van der Waals surface area contributed by atoms with E-state index < -0.39 is 0 Å². The van der Waals surface area contributed by atoms with E-state index in [2.05, 4.69) is 71.3 Å². The predicted octanol–water partition coefficient (Wildman–Crippen LogP) is 4.10. The van der Waals surface area contributed by atoms with Crippen LogP contribution in [0.2, 0.25) is 0 Å². The number of anilines is 1. The molecule has 0 N–H and O–H groups in total. The van der Waals surface area contributed by atoms with Gasteiger partial charge in [0.05, 0.1) is 24.7 Å². The summed E-state index contributed by atoms with van der Waals surface area (Å²) in [4.78, 5) is 9.88. The van der Waals surface area contributed by atoms with E-state index in [1.54, 1.807) is 7.11 Å². The Hall–Kier alpha value is -3.22. The fourth-order valence-electron chi connectivity index (χ4n) is 4.27. The SMILES string of the molecule is COCCN1CCN(c2cc(-c3ccccc3)nc3c(-c4ccccc4)c(C)nn23)C1. The first-order chi connectivity index (χ1) is 15.2. The number of aryl methyl sites for hydroxylation is 1. The molecule has 1 fully saturated rings. The van der Waals surface area contributed by atoms with Gasteiger partial charge in [-0.3, -0.25) is 4.90 Å². The Morgan fingerprint density at radius 2 is 1.65 bits per heavy atom. The number of fused-ring (bicyclic) bond motifs is 1. The van der Waals surface area contributed by atoms with E-state index >= 15 is 0 Å². The Kier molecular flexibility index (Phi) is 5.40. The Labute approximate surface area is 182 Å². The Morgan fingerprint density at radius 1 is 0.935 bits per heavy atom. The Balaban J connectivity index is 1.66. The van der Waals surface area contributed by atoms with Gasteiger partial charge in [-0.2, -0.15) is 9.61 Å². The molecule has 0 spiro atoms. The highest BCUT2D eigenvalue weighted by Gasteiger charge is 2.25. The zero-order valence-electron chi connectivity index (χ0n) is 18.0. The predicted molar refractivity (Wildman–Crippen MR) is 124 cm³/mol. The highest BCUT2D eigenvalue weighted by Crippen LogP contribution is 2.33. The zero-order chi connectivity index (χ0) is 21.2. The summed E-state index contributed by atoms with van der Waals surface area (Å²) in [6.07, 6.45) is 0. The summed E-state index contributed by atoms with van der Waals surface area (Å²) in [5, 5.41) is 4.93. The molecule has 31 heavy (non-hydrogen) atoms. The number of rotatable bonds is 6. The fourth-order valence-corrected chi connectivity index (χ4v) is 4.27. The second-order valence-electron chi connectivity index (χ2n) is 7.94. The molecule has 0 bridgehead atoms.